The number of nitrogens with zero attached hydrogens (tertiary/aromatic N) is 1. The van der Waals surface area contributed by atoms with Crippen LogP contribution in [0.1, 0.15) is 50.7 Å². The molecule has 0 spiro atoms. The molecule has 22 heavy (non-hydrogen) atoms. The first-order chi connectivity index (χ1) is 10.3. The second kappa shape index (κ2) is 6.57. The SMILES string of the molecule is CC(C)(C)OC(=O)N1CCC(c2ccc(CO)c(N)c2)CC1. The predicted octanol–water partition coefficient (Wildman–Crippen LogP) is 2.88. The summed E-state index contributed by atoms with van der Waals surface area (Å²) in [5, 5.41) is 9.17. The Hall–Kier alpha value is -1.75. The minimum Gasteiger partial charge on any atom is -0.444 e. The predicted molar refractivity (Wildman–Crippen MR) is 86.6 cm³/mol. The van der Waals surface area contributed by atoms with Gasteiger partial charge in [-0.2, -0.15) is 0 Å². The second-order valence-corrected chi connectivity index (χ2v) is 6.86. The molecule has 5 heteroatoms. The maximum absolute atomic E-state index is 12.1. The van der Waals surface area contributed by atoms with Gasteiger partial charge in [-0.15, -0.1) is 0 Å². The Labute approximate surface area is 132 Å². The highest BCUT2D eigenvalue weighted by atomic mass is 16.6. The van der Waals surface area contributed by atoms with Crippen LogP contribution in [-0.2, 0) is 11.3 Å². The van der Waals surface area contributed by atoms with E-state index >= 15 is 0 Å². The highest BCUT2D eigenvalue weighted by molar-refractivity contribution is 5.68. The molecule has 0 aromatic heterocycles. The molecule has 1 aliphatic heterocycles. The molecule has 1 fully saturated rings. The summed E-state index contributed by atoms with van der Waals surface area (Å²) in [5.74, 6) is 0.397. The monoisotopic (exact) mass is 306 g/mol. The van der Waals surface area contributed by atoms with Gasteiger partial charge in [0.15, 0.2) is 0 Å². The fourth-order valence-electron chi connectivity index (χ4n) is 2.73. The molecule has 1 aliphatic rings. The van der Waals surface area contributed by atoms with Crippen LogP contribution in [0, 0.1) is 0 Å². The third-order valence-electron chi connectivity index (χ3n) is 3.96. The highest BCUT2D eigenvalue weighted by Gasteiger charge is 2.27. The molecular weight excluding hydrogens is 280 g/mol. The number of amides is 1. The third-order valence-corrected chi connectivity index (χ3v) is 3.96. The summed E-state index contributed by atoms with van der Waals surface area (Å²) in [5.41, 5.74) is 8.06. The van der Waals surface area contributed by atoms with Gasteiger partial charge in [0.05, 0.1) is 6.61 Å². The van der Waals surface area contributed by atoms with Crippen LogP contribution in [0.25, 0.3) is 0 Å². The van der Waals surface area contributed by atoms with Crippen molar-refractivity contribution in [3.63, 3.8) is 0 Å². The second-order valence-electron chi connectivity index (χ2n) is 6.86. The molecule has 122 valence electrons. The van der Waals surface area contributed by atoms with Gasteiger partial charge >= 0.3 is 6.09 Å². The number of aliphatic hydroxyl groups excluding tert-OH is 1. The Kier molecular flexibility index (Phi) is 4.96. The topological polar surface area (TPSA) is 75.8 Å². The quantitative estimate of drug-likeness (QED) is 0.824. The van der Waals surface area contributed by atoms with Crippen LogP contribution >= 0.6 is 0 Å². The van der Waals surface area contributed by atoms with Crippen LogP contribution in [0.3, 0.4) is 0 Å². The van der Waals surface area contributed by atoms with Crippen LogP contribution < -0.4 is 5.73 Å². The first-order valence-electron chi connectivity index (χ1n) is 7.77. The van der Waals surface area contributed by atoms with Gasteiger partial charge in [0.2, 0.25) is 0 Å². The van der Waals surface area contributed by atoms with Gasteiger partial charge < -0.3 is 20.5 Å². The molecule has 2 rings (SSSR count). The fraction of sp³-hybridized carbons (Fsp3) is 0.588. The van der Waals surface area contributed by atoms with Crippen molar-refractivity contribution in [2.75, 3.05) is 18.8 Å². The summed E-state index contributed by atoms with van der Waals surface area (Å²) in [4.78, 5) is 13.8. The van der Waals surface area contributed by atoms with E-state index in [0.29, 0.717) is 24.7 Å². The largest absolute Gasteiger partial charge is 0.444 e. The smallest absolute Gasteiger partial charge is 0.410 e. The molecule has 1 aromatic rings. The molecule has 1 aromatic carbocycles. The Balaban J connectivity index is 1.94. The Morgan fingerprint density at radius 1 is 1.36 bits per heavy atom. The minimum absolute atomic E-state index is 0.0385. The average Bonchev–Trinajstić information content (AvgIpc) is 2.45. The number of piperidine rings is 1. The summed E-state index contributed by atoms with van der Waals surface area (Å²) >= 11 is 0. The normalized spacial score (nSPS) is 16.6. The standard InChI is InChI=1S/C17H26N2O3/c1-17(2,3)22-16(21)19-8-6-12(7-9-19)13-4-5-14(11-20)15(18)10-13/h4-5,10,12,20H,6-9,11,18H2,1-3H3. The number of likely N-dealkylation sites (tertiary alicyclic amines) is 1. The molecule has 1 saturated heterocycles. The number of anilines is 1. The van der Waals surface area contributed by atoms with Crippen molar-refractivity contribution in [1.29, 1.82) is 0 Å². The molecule has 0 aliphatic carbocycles. The van der Waals surface area contributed by atoms with E-state index in [1.54, 1.807) is 4.90 Å². The first-order valence-corrected chi connectivity index (χ1v) is 7.77. The minimum atomic E-state index is -0.456. The van der Waals surface area contributed by atoms with Gasteiger partial charge in [-0.1, -0.05) is 12.1 Å². The number of hydrogen-bond donors (Lipinski definition) is 2. The summed E-state index contributed by atoms with van der Waals surface area (Å²) < 4.78 is 5.41. The molecule has 3 N–H and O–H groups in total. The third kappa shape index (κ3) is 4.13. The van der Waals surface area contributed by atoms with Crippen molar-refractivity contribution in [3.8, 4) is 0 Å². The summed E-state index contributed by atoms with van der Waals surface area (Å²) in [6.07, 6.45) is 1.56. The molecule has 0 radical (unpaired) electrons. The lowest BCUT2D eigenvalue weighted by Gasteiger charge is -2.33. The van der Waals surface area contributed by atoms with Gasteiger partial charge in [-0.05, 0) is 51.2 Å². The molecule has 1 amide bonds. The van der Waals surface area contributed by atoms with E-state index in [1.807, 2.05) is 39.0 Å². The number of nitrogens with two attached hydrogens (primary N) is 1. The Bertz CT molecular complexity index is 529. The van der Waals surface area contributed by atoms with Crippen LogP contribution in [0.15, 0.2) is 18.2 Å². The zero-order valence-electron chi connectivity index (χ0n) is 13.6. The first kappa shape index (κ1) is 16.6. The molecule has 0 atom stereocenters. The summed E-state index contributed by atoms with van der Waals surface area (Å²) in [6.45, 7) is 6.99. The van der Waals surface area contributed by atoms with E-state index in [9.17, 15) is 9.90 Å². The lowest BCUT2D eigenvalue weighted by molar-refractivity contribution is 0.0205. The molecule has 1 heterocycles. The van der Waals surface area contributed by atoms with Gasteiger partial charge in [0.25, 0.3) is 0 Å². The number of carbonyl (C=O) groups is 1. The van der Waals surface area contributed by atoms with E-state index in [0.717, 1.165) is 18.4 Å². The summed E-state index contributed by atoms with van der Waals surface area (Å²) in [7, 11) is 0. The van der Waals surface area contributed by atoms with Crippen molar-refractivity contribution >= 4 is 11.8 Å². The molecule has 0 bridgehead atoms. The van der Waals surface area contributed by atoms with Gasteiger partial charge in [-0.3, -0.25) is 0 Å². The zero-order valence-corrected chi connectivity index (χ0v) is 13.6. The molecular formula is C17H26N2O3. The van der Waals surface area contributed by atoms with Crippen LogP contribution in [0.2, 0.25) is 0 Å². The number of ether oxygens (including phenoxy) is 1. The Morgan fingerprint density at radius 3 is 2.50 bits per heavy atom. The maximum atomic E-state index is 12.1. The van der Waals surface area contributed by atoms with Gasteiger partial charge in [-0.25, -0.2) is 4.79 Å². The average molecular weight is 306 g/mol. The highest BCUT2D eigenvalue weighted by Crippen LogP contribution is 2.30. The summed E-state index contributed by atoms with van der Waals surface area (Å²) in [6, 6.07) is 5.85. The van der Waals surface area contributed by atoms with Crippen LogP contribution in [0.5, 0.6) is 0 Å². The van der Waals surface area contributed by atoms with Crippen molar-refractivity contribution in [3.05, 3.63) is 29.3 Å². The van der Waals surface area contributed by atoms with E-state index in [-0.39, 0.29) is 12.7 Å². The van der Waals surface area contributed by atoms with Crippen molar-refractivity contribution in [2.24, 2.45) is 0 Å². The molecule has 0 saturated carbocycles. The number of nitrogen functional groups attached to an aromatic ring is 1. The lowest BCUT2D eigenvalue weighted by atomic mass is 9.88. The number of hydrogen-bond acceptors (Lipinski definition) is 4. The maximum Gasteiger partial charge on any atom is 0.410 e. The van der Waals surface area contributed by atoms with Gasteiger partial charge in [0, 0.05) is 24.3 Å². The Morgan fingerprint density at radius 2 is 2.00 bits per heavy atom. The van der Waals surface area contributed by atoms with E-state index in [4.69, 9.17) is 10.5 Å². The lowest BCUT2D eigenvalue weighted by Crippen LogP contribution is -2.41. The molecule has 5 nitrogen and oxygen atoms in total. The van der Waals surface area contributed by atoms with Crippen molar-refractivity contribution in [2.45, 2.75) is 51.7 Å². The van der Waals surface area contributed by atoms with Crippen LogP contribution in [0.4, 0.5) is 10.5 Å². The van der Waals surface area contributed by atoms with Crippen molar-refractivity contribution in [1.82, 2.24) is 4.90 Å². The number of rotatable bonds is 2. The van der Waals surface area contributed by atoms with Gasteiger partial charge in [0.1, 0.15) is 5.60 Å². The van der Waals surface area contributed by atoms with E-state index in [1.165, 1.54) is 5.56 Å². The number of carbonyl (C=O) groups excluding carboxylic acids is 1. The molecule has 0 unspecified atom stereocenters. The number of aliphatic hydroxyl groups is 1. The van der Waals surface area contributed by atoms with Crippen molar-refractivity contribution < 1.29 is 14.6 Å². The van der Waals surface area contributed by atoms with E-state index in [2.05, 4.69) is 0 Å². The van der Waals surface area contributed by atoms with E-state index < -0.39 is 5.60 Å². The number of benzene rings is 1. The van der Waals surface area contributed by atoms with Crippen LogP contribution in [-0.4, -0.2) is 34.8 Å². The fourth-order valence-corrected chi connectivity index (χ4v) is 2.73. The zero-order chi connectivity index (χ0) is 16.3.